The fourth-order valence-corrected chi connectivity index (χ4v) is 6.61. The molecule has 0 bridgehead atoms. The molecule has 0 amide bonds. The summed E-state index contributed by atoms with van der Waals surface area (Å²) in [7, 11) is 0. The van der Waals surface area contributed by atoms with Gasteiger partial charge in [-0.05, 0) is 58.2 Å². The number of aromatic nitrogens is 2. The molecule has 0 aliphatic carbocycles. The molecule has 8 rings (SSSR count). The zero-order valence-electron chi connectivity index (χ0n) is 26.7. The Morgan fingerprint density at radius 2 is 1.21 bits per heavy atom. The summed E-state index contributed by atoms with van der Waals surface area (Å²) in [6.45, 7) is 2.15. The molecular weight excluding hydrogens is 585 g/mol. The minimum absolute atomic E-state index is 0.480. The Kier molecular flexibility index (Phi) is 7.60. The molecule has 0 saturated carbocycles. The topological polar surface area (TPSA) is 53.7 Å². The first-order valence-corrected chi connectivity index (χ1v) is 16.4. The van der Waals surface area contributed by atoms with E-state index >= 15 is 0 Å². The van der Waals surface area contributed by atoms with E-state index in [1.54, 1.807) is 0 Å². The van der Waals surface area contributed by atoms with E-state index in [1.165, 1.54) is 0 Å². The molecule has 4 heteroatoms. The Morgan fingerprint density at radius 1 is 0.625 bits per heavy atom. The van der Waals surface area contributed by atoms with Crippen molar-refractivity contribution < 1.29 is 0 Å². The third-order valence-electron chi connectivity index (χ3n) is 9.02. The first kappa shape index (κ1) is 29.2. The predicted octanol–water partition coefficient (Wildman–Crippen LogP) is 10.3. The molecule has 48 heavy (non-hydrogen) atoms. The van der Waals surface area contributed by atoms with Gasteiger partial charge < -0.3 is 5.32 Å². The second-order valence-corrected chi connectivity index (χ2v) is 12.0. The van der Waals surface area contributed by atoms with Crippen molar-refractivity contribution in [3.63, 3.8) is 0 Å². The monoisotopic (exact) mass is 618 g/mol. The molecular formula is C44H34N4. The van der Waals surface area contributed by atoms with Crippen LogP contribution in [-0.2, 0) is 6.42 Å². The molecule has 0 atom stereocenters. The average molecular weight is 619 g/mol. The van der Waals surface area contributed by atoms with E-state index in [4.69, 9.17) is 4.98 Å². The molecule has 1 aliphatic heterocycles. The van der Waals surface area contributed by atoms with Crippen LogP contribution >= 0.6 is 0 Å². The smallest absolute Gasteiger partial charge is 0.114 e. The summed E-state index contributed by atoms with van der Waals surface area (Å²) in [6.07, 6.45) is 3.07. The normalized spacial score (nSPS) is 13.4. The first-order chi connectivity index (χ1) is 23.7. The van der Waals surface area contributed by atoms with Crippen LogP contribution in [0.4, 0.5) is 0 Å². The fraction of sp³-hybridized carbons (Fsp3) is 0.0455. The van der Waals surface area contributed by atoms with Crippen molar-refractivity contribution in [2.45, 2.75) is 13.3 Å². The molecule has 2 heterocycles. The third-order valence-corrected chi connectivity index (χ3v) is 9.02. The molecule has 230 valence electrons. The SMILES string of the molecule is CCc1nc2ccccc2n1-c1ccc(-c2ccc(C3=Cc4ccccc4/C(=C(/C(=N)c4ccccc4)c4ccccc4)N3)cc2)cc1. The molecule has 2 N–H and O–H groups in total. The molecule has 4 nitrogen and oxygen atoms in total. The van der Waals surface area contributed by atoms with Gasteiger partial charge in [0.05, 0.1) is 22.4 Å². The van der Waals surface area contributed by atoms with Crippen LogP contribution in [0.3, 0.4) is 0 Å². The highest BCUT2D eigenvalue weighted by Crippen LogP contribution is 2.36. The number of imidazole rings is 1. The highest BCUT2D eigenvalue weighted by Gasteiger charge is 2.23. The second-order valence-electron chi connectivity index (χ2n) is 12.0. The number of nitrogens with one attached hydrogen (secondary N) is 2. The van der Waals surface area contributed by atoms with Crippen molar-refractivity contribution in [1.82, 2.24) is 14.9 Å². The lowest BCUT2D eigenvalue weighted by atomic mass is 9.88. The maximum absolute atomic E-state index is 9.40. The molecule has 0 saturated heterocycles. The van der Waals surface area contributed by atoms with Gasteiger partial charge in [-0.2, -0.15) is 0 Å². The number of fused-ring (bicyclic) bond motifs is 2. The Morgan fingerprint density at radius 3 is 1.92 bits per heavy atom. The van der Waals surface area contributed by atoms with Gasteiger partial charge in [0.25, 0.3) is 0 Å². The molecule has 7 aromatic rings. The van der Waals surface area contributed by atoms with E-state index in [0.717, 1.165) is 84.9 Å². The van der Waals surface area contributed by atoms with Gasteiger partial charge in [-0.15, -0.1) is 0 Å². The van der Waals surface area contributed by atoms with Crippen LogP contribution in [0.15, 0.2) is 158 Å². The second kappa shape index (κ2) is 12.5. The summed E-state index contributed by atoms with van der Waals surface area (Å²) < 4.78 is 2.26. The summed E-state index contributed by atoms with van der Waals surface area (Å²) in [5.74, 6) is 1.06. The number of aryl methyl sites for hydroxylation is 1. The maximum atomic E-state index is 9.40. The number of hydrogen-bond acceptors (Lipinski definition) is 3. The summed E-state index contributed by atoms with van der Waals surface area (Å²) in [6, 6.07) is 54.4. The number of benzene rings is 6. The van der Waals surface area contributed by atoms with Crippen LogP contribution in [0.5, 0.6) is 0 Å². The van der Waals surface area contributed by atoms with Gasteiger partial charge in [0, 0.05) is 34.5 Å². The highest BCUT2D eigenvalue weighted by atomic mass is 15.1. The number of allylic oxidation sites excluding steroid dienone is 1. The van der Waals surface area contributed by atoms with Crippen LogP contribution < -0.4 is 5.32 Å². The zero-order valence-corrected chi connectivity index (χ0v) is 26.7. The van der Waals surface area contributed by atoms with Gasteiger partial charge >= 0.3 is 0 Å². The molecule has 0 spiro atoms. The van der Waals surface area contributed by atoms with Crippen LogP contribution in [0.2, 0.25) is 0 Å². The van der Waals surface area contributed by atoms with Gasteiger partial charge in [-0.1, -0.05) is 140 Å². The minimum atomic E-state index is 0.480. The fourth-order valence-electron chi connectivity index (χ4n) is 6.61. The summed E-state index contributed by atoms with van der Waals surface area (Å²) >= 11 is 0. The lowest BCUT2D eigenvalue weighted by Crippen LogP contribution is -2.20. The van der Waals surface area contributed by atoms with Gasteiger partial charge in [0.2, 0.25) is 0 Å². The van der Waals surface area contributed by atoms with Gasteiger partial charge in [0.15, 0.2) is 0 Å². The largest absolute Gasteiger partial charge is 0.354 e. The summed E-state index contributed by atoms with van der Waals surface area (Å²) in [4.78, 5) is 4.85. The molecule has 0 radical (unpaired) electrons. The van der Waals surface area contributed by atoms with Gasteiger partial charge in [-0.25, -0.2) is 4.98 Å². The average Bonchev–Trinajstić information content (AvgIpc) is 3.54. The number of nitrogens with zero attached hydrogens (tertiary/aromatic N) is 2. The van der Waals surface area contributed by atoms with Crippen LogP contribution in [-0.4, -0.2) is 15.3 Å². The van der Waals surface area contributed by atoms with E-state index < -0.39 is 0 Å². The van der Waals surface area contributed by atoms with Crippen molar-refractivity contribution in [2.75, 3.05) is 0 Å². The molecule has 0 unspecified atom stereocenters. The van der Waals surface area contributed by atoms with Crippen LogP contribution in [0, 0.1) is 5.41 Å². The van der Waals surface area contributed by atoms with Crippen molar-refractivity contribution in [1.29, 1.82) is 5.41 Å². The zero-order chi connectivity index (χ0) is 32.5. The Labute approximate surface area is 280 Å². The summed E-state index contributed by atoms with van der Waals surface area (Å²) in [5.41, 5.74) is 14.0. The van der Waals surface area contributed by atoms with Crippen molar-refractivity contribution in [2.24, 2.45) is 0 Å². The summed E-state index contributed by atoms with van der Waals surface area (Å²) in [5, 5.41) is 13.2. The first-order valence-electron chi connectivity index (χ1n) is 16.4. The van der Waals surface area contributed by atoms with E-state index in [2.05, 4.69) is 126 Å². The van der Waals surface area contributed by atoms with Gasteiger partial charge in [-0.3, -0.25) is 9.98 Å². The highest BCUT2D eigenvalue weighted by molar-refractivity contribution is 6.36. The Balaban J connectivity index is 1.15. The number of rotatable bonds is 7. The lowest BCUT2D eigenvalue weighted by molar-refractivity contribution is 0.908. The van der Waals surface area contributed by atoms with Crippen molar-refractivity contribution in [3.8, 4) is 16.8 Å². The predicted molar refractivity (Wildman–Crippen MR) is 200 cm³/mol. The maximum Gasteiger partial charge on any atom is 0.114 e. The molecule has 1 aliphatic rings. The Hall–Kier alpha value is -6.26. The number of para-hydroxylation sites is 2. The van der Waals surface area contributed by atoms with E-state index in [9.17, 15) is 5.41 Å². The van der Waals surface area contributed by atoms with E-state index in [0.29, 0.717) is 5.71 Å². The standard InChI is InChI=1S/C44H34N4/c1-2-41-46-38-19-11-12-20-40(38)48(41)36-27-25-31(26-28-36)30-21-23-32(24-22-30)39-29-35-17-9-10-18-37(35)44(47-39)42(33-13-5-3-6-14-33)43(45)34-15-7-4-8-16-34/h3-29,45,47H,2H2,1H3/b44-42-,45-43?. The van der Waals surface area contributed by atoms with Crippen molar-refractivity contribution >= 4 is 39.8 Å². The van der Waals surface area contributed by atoms with E-state index in [-0.39, 0.29) is 0 Å². The Bertz CT molecular complexity index is 2330. The lowest BCUT2D eigenvalue weighted by Gasteiger charge is -2.26. The quantitative estimate of drug-likeness (QED) is 0.175. The van der Waals surface area contributed by atoms with Crippen LogP contribution in [0.1, 0.15) is 40.6 Å². The molecule has 6 aromatic carbocycles. The van der Waals surface area contributed by atoms with Gasteiger partial charge in [0.1, 0.15) is 5.82 Å². The minimum Gasteiger partial charge on any atom is -0.354 e. The van der Waals surface area contributed by atoms with Crippen LogP contribution in [0.25, 0.3) is 50.9 Å². The molecule has 1 aromatic heterocycles. The van der Waals surface area contributed by atoms with Crippen molar-refractivity contribution in [3.05, 3.63) is 191 Å². The van der Waals surface area contributed by atoms with E-state index in [1.807, 2.05) is 54.6 Å². The molecule has 0 fully saturated rings. The third kappa shape index (κ3) is 5.33. The number of hydrogen-bond donors (Lipinski definition) is 2.